The largest absolute Gasteiger partial charge is 0.325 e. The summed E-state index contributed by atoms with van der Waals surface area (Å²) in [5.41, 5.74) is 3.62. The fourth-order valence-electron chi connectivity index (χ4n) is 5.00. The predicted molar refractivity (Wildman–Crippen MR) is 115 cm³/mol. The molecule has 1 saturated heterocycles. The SMILES string of the molecule is Cc1ccc(-n2c(C)cc(C(=O)CN3C(=O)NC4(CCCCC4C)C3=O)c2C)cc1. The molecule has 30 heavy (non-hydrogen) atoms. The zero-order chi connectivity index (χ0) is 21.6. The molecule has 1 spiro atoms. The van der Waals surface area contributed by atoms with Crippen LogP contribution in [0.25, 0.3) is 5.69 Å². The second kappa shape index (κ2) is 7.42. The molecule has 1 saturated carbocycles. The van der Waals surface area contributed by atoms with Gasteiger partial charge in [-0.05, 0) is 57.7 Å². The molecule has 0 radical (unpaired) electrons. The van der Waals surface area contributed by atoms with Crippen molar-refractivity contribution in [1.29, 1.82) is 0 Å². The zero-order valence-electron chi connectivity index (χ0n) is 18.1. The minimum Gasteiger partial charge on any atom is -0.323 e. The summed E-state index contributed by atoms with van der Waals surface area (Å²) in [6.45, 7) is 7.67. The van der Waals surface area contributed by atoms with Crippen LogP contribution in [0.15, 0.2) is 30.3 Å². The first-order valence-corrected chi connectivity index (χ1v) is 10.7. The third-order valence-corrected chi connectivity index (χ3v) is 6.83. The highest BCUT2D eigenvalue weighted by atomic mass is 16.2. The van der Waals surface area contributed by atoms with E-state index in [9.17, 15) is 14.4 Å². The zero-order valence-corrected chi connectivity index (χ0v) is 18.1. The average Bonchev–Trinajstić information content (AvgIpc) is 3.13. The second-order valence-corrected chi connectivity index (χ2v) is 8.82. The van der Waals surface area contributed by atoms with Crippen LogP contribution >= 0.6 is 0 Å². The fraction of sp³-hybridized carbons (Fsp3) is 0.458. The Hall–Kier alpha value is -2.89. The summed E-state index contributed by atoms with van der Waals surface area (Å²) in [5.74, 6) is -0.389. The minimum atomic E-state index is -0.839. The molecule has 1 aromatic heterocycles. The van der Waals surface area contributed by atoms with Crippen LogP contribution in [0, 0.1) is 26.7 Å². The number of amides is 3. The van der Waals surface area contributed by atoms with Crippen LogP contribution in [0.1, 0.15) is 59.9 Å². The monoisotopic (exact) mass is 407 g/mol. The number of aromatic nitrogens is 1. The Labute approximate surface area is 177 Å². The number of Topliss-reactive ketones (excluding diaryl/α,β-unsaturated/α-hetero) is 1. The van der Waals surface area contributed by atoms with Crippen molar-refractivity contribution in [2.45, 2.75) is 58.9 Å². The quantitative estimate of drug-likeness (QED) is 0.613. The highest BCUT2D eigenvalue weighted by molar-refractivity contribution is 6.11. The summed E-state index contributed by atoms with van der Waals surface area (Å²) in [4.78, 5) is 40.0. The third-order valence-electron chi connectivity index (χ3n) is 6.83. The van der Waals surface area contributed by atoms with Crippen molar-refractivity contribution in [2.75, 3.05) is 6.54 Å². The van der Waals surface area contributed by atoms with Gasteiger partial charge in [-0.3, -0.25) is 14.5 Å². The molecule has 6 heteroatoms. The van der Waals surface area contributed by atoms with Crippen molar-refractivity contribution in [3.05, 3.63) is 52.8 Å². The van der Waals surface area contributed by atoms with Crippen molar-refractivity contribution in [1.82, 2.24) is 14.8 Å². The first kappa shape index (κ1) is 20.4. The normalized spacial score (nSPS) is 23.9. The van der Waals surface area contributed by atoms with Crippen molar-refractivity contribution in [3.63, 3.8) is 0 Å². The molecule has 1 aliphatic carbocycles. The summed E-state index contributed by atoms with van der Waals surface area (Å²) < 4.78 is 2.03. The Bertz CT molecular complexity index is 1020. The van der Waals surface area contributed by atoms with Gasteiger partial charge in [-0.2, -0.15) is 0 Å². The number of nitrogens with zero attached hydrogens (tertiary/aromatic N) is 2. The maximum Gasteiger partial charge on any atom is 0.325 e. The molecule has 2 aliphatic rings. The van der Waals surface area contributed by atoms with E-state index in [1.165, 1.54) is 5.56 Å². The van der Waals surface area contributed by atoms with Crippen LogP contribution in [0.4, 0.5) is 4.79 Å². The van der Waals surface area contributed by atoms with E-state index in [1.54, 1.807) is 0 Å². The molecule has 2 fully saturated rings. The van der Waals surface area contributed by atoms with E-state index in [0.717, 1.165) is 41.2 Å². The molecule has 0 bridgehead atoms. The molecule has 4 rings (SSSR count). The lowest BCUT2D eigenvalue weighted by atomic mass is 9.73. The lowest BCUT2D eigenvalue weighted by Crippen LogP contribution is -2.54. The smallest absolute Gasteiger partial charge is 0.323 e. The molecule has 2 aromatic rings. The molecule has 2 atom stereocenters. The fourth-order valence-corrected chi connectivity index (χ4v) is 5.00. The van der Waals surface area contributed by atoms with Crippen LogP contribution < -0.4 is 5.32 Å². The van der Waals surface area contributed by atoms with E-state index in [1.807, 2.05) is 62.6 Å². The number of urea groups is 1. The Morgan fingerprint density at radius 1 is 1.13 bits per heavy atom. The molecule has 1 N–H and O–H groups in total. The number of aryl methyl sites for hydroxylation is 2. The molecule has 2 heterocycles. The van der Waals surface area contributed by atoms with Gasteiger partial charge in [-0.25, -0.2) is 4.79 Å². The van der Waals surface area contributed by atoms with E-state index in [-0.39, 0.29) is 24.2 Å². The summed E-state index contributed by atoms with van der Waals surface area (Å²) in [7, 11) is 0. The van der Waals surface area contributed by atoms with Crippen molar-refractivity contribution in [2.24, 2.45) is 5.92 Å². The number of carbonyl (C=O) groups is 3. The summed E-state index contributed by atoms with van der Waals surface area (Å²) in [6, 6.07) is 9.51. The van der Waals surface area contributed by atoms with Gasteiger partial charge in [0.15, 0.2) is 5.78 Å². The van der Waals surface area contributed by atoms with Crippen LogP contribution in [-0.2, 0) is 4.79 Å². The maximum absolute atomic E-state index is 13.2. The Kier molecular flexibility index (Phi) is 5.04. The number of imide groups is 1. The number of benzene rings is 1. The van der Waals surface area contributed by atoms with E-state index < -0.39 is 11.6 Å². The molecule has 1 aromatic carbocycles. The number of hydrogen-bond acceptors (Lipinski definition) is 3. The van der Waals surface area contributed by atoms with Gasteiger partial charge in [0.2, 0.25) is 0 Å². The molecular formula is C24H29N3O3. The van der Waals surface area contributed by atoms with Gasteiger partial charge in [-0.1, -0.05) is 37.5 Å². The number of rotatable bonds is 4. The van der Waals surface area contributed by atoms with E-state index in [2.05, 4.69) is 5.32 Å². The highest BCUT2D eigenvalue weighted by Crippen LogP contribution is 2.38. The first-order chi connectivity index (χ1) is 14.2. The van der Waals surface area contributed by atoms with Crippen LogP contribution in [0.3, 0.4) is 0 Å². The highest BCUT2D eigenvalue weighted by Gasteiger charge is 2.55. The van der Waals surface area contributed by atoms with Gasteiger partial charge in [0.25, 0.3) is 5.91 Å². The summed E-state index contributed by atoms with van der Waals surface area (Å²) >= 11 is 0. The second-order valence-electron chi connectivity index (χ2n) is 8.82. The van der Waals surface area contributed by atoms with Gasteiger partial charge in [0.1, 0.15) is 5.54 Å². The van der Waals surface area contributed by atoms with Crippen molar-refractivity contribution in [3.8, 4) is 5.69 Å². The van der Waals surface area contributed by atoms with Gasteiger partial charge < -0.3 is 9.88 Å². The maximum atomic E-state index is 13.2. The van der Waals surface area contributed by atoms with E-state index in [4.69, 9.17) is 0 Å². The summed E-state index contributed by atoms with van der Waals surface area (Å²) in [5, 5.41) is 2.92. The molecule has 1 aliphatic heterocycles. The van der Waals surface area contributed by atoms with Crippen molar-refractivity contribution < 1.29 is 14.4 Å². The lowest BCUT2D eigenvalue weighted by Gasteiger charge is -2.36. The van der Waals surface area contributed by atoms with Crippen molar-refractivity contribution >= 4 is 17.7 Å². The standard InChI is InChI=1S/C24H29N3O3/c1-15-8-10-19(11-9-15)27-17(3)13-20(18(27)4)21(28)14-26-22(29)24(25-23(26)30)12-6-5-7-16(24)2/h8-11,13,16H,5-7,12,14H2,1-4H3,(H,25,30). The van der Waals surface area contributed by atoms with Gasteiger partial charge in [-0.15, -0.1) is 0 Å². The number of carbonyl (C=O) groups excluding carboxylic acids is 3. The van der Waals surface area contributed by atoms with Gasteiger partial charge in [0.05, 0.1) is 6.54 Å². The average molecular weight is 408 g/mol. The lowest BCUT2D eigenvalue weighted by molar-refractivity contribution is -0.133. The number of hydrogen-bond donors (Lipinski definition) is 1. The van der Waals surface area contributed by atoms with Crippen LogP contribution in [0.2, 0.25) is 0 Å². The molecule has 158 valence electrons. The molecule has 3 amide bonds. The molecular weight excluding hydrogens is 378 g/mol. The molecule has 2 unspecified atom stereocenters. The Morgan fingerprint density at radius 3 is 2.50 bits per heavy atom. The van der Waals surface area contributed by atoms with Crippen LogP contribution in [-0.4, -0.2) is 39.3 Å². The van der Waals surface area contributed by atoms with Crippen LogP contribution in [0.5, 0.6) is 0 Å². The topological polar surface area (TPSA) is 71.4 Å². The third kappa shape index (κ3) is 3.15. The predicted octanol–water partition coefficient (Wildman–Crippen LogP) is 4.09. The van der Waals surface area contributed by atoms with Gasteiger partial charge in [0, 0.05) is 22.6 Å². The molecule has 6 nitrogen and oxygen atoms in total. The van der Waals surface area contributed by atoms with E-state index in [0.29, 0.717) is 12.0 Å². The Morgan fingerprint density at radius 2 is 1.83 bits per heavy atom. The summed E-state index contributed by atoms with van der Waals surface area (Å²) in [6.07, 6.45) is 3.53. The first-order valence-electron chi connectivity index (χ1n) is 10.7. The number of nitrogens with one attached hydrogen (secondary N) is 1. The minimum absolute atomic E-state index is 0.0782. The van der Waals surface area contributed by atoms with Gasteiger partial charge >= 0.3 is 6.03 Å². The Balaban J connectivity index is 1.59. The van der Waals surface area contributed by atoms with E-state index >= 15 is 0 Å². The number of ketones is 1.